The number of carboxylic acid groups (broad SMARTS) is 1. The summed E-state index contributed by atoms with van der Waals surface area (Å²) < 4.78 is 6.57. The molecule has 0 unspecified atom stereocenters. The zero-order chi connectivity index (χ0) is 23.8. The number of thioether (sulfide) groups is 1. The molecule has 3 aromatic heterocycles. The lowest BCUT2D eigenvalue weighted by molar-refractivity contribution is 0.0703. The average Bonchev–Trinajstić information content (AvgIpc) is 3.51. The van der Waals surface area contributed by atoms with Crippen LogP contribution < -0.4 is 5.76 Å². The minimum atomic E-state index is -0.925. The number of aromatic carboxylic acids is 1. The predicted molar refractivity (Wildman–Crippen MR) is 133 cm³/mol. The number of rotatable bonds is 7. The van der Waals surface area contributed by atoms with Gasteiger partial charge in [0.15, 0.2) is 11.0 Å². The van der Waals surface area contributed by atoms with Crippen LogP contribution in [0.15, 0.2) is 63.0 Å². The number of aromatic nitrogens is 4. The van der Waals surface area contributed by atoms with Crippen molar-refractivity contribution in [2.75, 3.05) is 5.75 Å². The number of carboxylic acids is 1. The van der Waals surface area contributed by atoms with Crippen molar-refractivity contribution >= 4 is 40.1 Å². The lowest BCUT2D eigenvalue weighted by Gasteiger charge is -2.10. The lowest BCUT2D eigenvalue weighted by Crippen LogP contribution is -2.04. The summed E-state index contributed by atoms with van der Waals surface area (Å²) in [7, 11) is 0. The number of H-pyrrole nitrogens is 1. The van der Waals surface area contributed by atoms with Gasteiger partial charge in [-0.1, -0.05) is 72.4 Å². The first-order chi connectivity index (χ1) is 16.4. The van der Waals surface area contributed by atoms with Crippen molar-refractivity contribution in [3.05, 3.63) is 74.4 Å². The monoisotopic (exact) mass is 492 g/mol. The maximum Gasteiger partial charge on any atom is 0.439 e. The number of hydrogen-bond acceptors (Lipinski definition) is 7. The quantitative estimate of drug-likeness (QED) is 0.297. The second-order valence-corrected chi connectivity index (χ2v) is 10.1. The zero-order valence-corrected chi connectivity index (χ0v) is 20.0. The maximum atomic E-state index is 11.9. The fourth-order valence-electron chi connectivity index (χ4n) is 3.85. The van der Waals surface area contributed by atoms with E-state index in [2.05, 4.69) is 21.6 Å². The summed E-state index contributed by atoms with van der Waals surface area (Å²) in [6, 6.07) is 15.8. The Kier molecular flexibility index (Phi) is 5.84. The minimum absolute atomic E-state index is 0.327. The third-order valence-corrected chi connectivity index (χ3v) is 7.36. The van der Waals surface area contributed by atoms with Crippen molar-refractivity contribution in [1.29, 1.82) is 0 Å². The Balaban J connectivity index is 1.44. The van der Waals surface area contributed by atoms with Crippen molar-refractivity contribution in [2.24, 2.45) is 0 Å². The number of imidazole rings is 1. The molecule has 10 heteroatoms. The highest BCUT2D eigenvalue weighted by Crippen LogP contribution is 2.35. The molecule has 2 aromatic carbocycles. The molecule has 0 aliphatic heterocycles. The molecule has 0 bridgehead atoms. The normalized spacial score (nSPS) is 11.4. The molecule has 0 amide bonds. The van der Waals surface area contributed by atoms with Gasteiger partial charge in [-0.2, -0.15) is 0 Å². The number of hydrogen-bond donors (Lipinski definition) is 2. The first-order valence-corrected chi connectivity index (χ1v) is 12.4. The first-order valence-electron chi connectivity index (χ1n) is 10.6. The molecule has 5 aromatic rings. The lowest BCUT2D eigenvalue weighted by atomic mass is 10.0. The third kappa shape index (κ3) is 4.06. The molecule has 0 atom stereocenters. The van der Waals surface area contributed by atoms with Gasteiger partial charge in [0.25, 0.3) is 0 Å². The van der Waals surface area contributed by atoms with Gasteiger partial charge in [-0.05, 0) is 29.4 Å². The van der Waals surface area contributed by atoms with E-state index in [1.165, 1.54) is 11.3 Å². The minimum Gasteiger partial charge on any atom is -0.477 e. The second-order valence-electron chi connectivity index (χ2n) is 7.62. The standard InChI is InChI=1S/C24H20N4O4S2/c1-3-33-23-25-18-13(2)34-20(22(29)30)19(18)28(23)12-14-4-6-15(7-5-14)16-8-10-17(11-9-16)21-26-24(31)32-27-21/h4-11H,3,12H2,1-2H3,(H,29,30)(H,26,27,31). The Hall–Kier alpha value is -3.63. The van der Waals surface area contributed by atoms with Crippen LogP contribution in [-0.2, 0) is 6.54 Å². The predicted octanol–water partition coefficient (Wildman–Crippen LogP) is 5.28. The molecule has 0 aliphatic carbocycles. The topological polar surface area (TPSA) is 114 Å². The zero-order valence-electron chi connectivity index (χ0n) is 18.4. The molecule has 172 valence electrons. The van der Waals surface area contributed by atoms with Gasteiger partial charge >= 0.3 is 11.7 Å². The summed E-state index contributed by atoms with van der Waals surface area (Å²) in [4.78, 5) is 31.5. The summed E-state index contributed by atoms with van der Waals surface area (Å²) in [5.74, 6) is -0.269. The second kappa shape index (κ2) is 8.96. The van der Waals surface area contributed by atoms with Gasteiger partial charge in [0.1, 0.15) is 10.4 Å². The van der Waals surface area contributed by atoms with Gasteiger partial charge in [0.05, 0.1) is 12.1 Å². The van der Waals surface area contributed by atoms with Gasteiger partial charge in [0.2, 0.25) is 0 Å². The van der Waals surface area contributed by atoms with Gasteiger partial charge in [-0.3, -0.25) is 9.51 Å². The average molecular weight is 493 g/mol. The van der Waals surface area contributed by atoms with Crippen molar-refractivity contribution in [2.45, 2.75) is 25.5 Å². The molecule has 0 aliphatic rings. The number of carbonyl (C=O) groups is 1. The van der Waals surface area contributed by atoms with E-state index in [0.29, 0.717) is 22.8 Å². The molecule has 0 radical (unpaired) electrons. The number of thiophene rings is 1. The number of fused-ring (bicyclic) bond motifs is 1. The number of nitrogens with one attached hydrogen (secondary N) is 1. The molecule has 2 N–H and O–H groups in total. The number of aromatic amines is 1. The van der Waals surface area contributed by atoms with E-state index in [4.69, 9.17) is 4.98 Å². The van der Waals surface area contributed by atoms with Crippen molar-refractivity contribution < 1.29 is 14.4 Å². The Morgan fingerprint density at radius 3 is 2.35 bits per heavy atom. The maximum absolute atomic E-state index is 11.9. The summed E-state index contributed by atoms with van der Waals surface area (Å²) >= 11 is 2.88. The summed E-state index contributed by atoms with van der Waals surface area (Å²) in [5, 5.41) is 14.3. The molecule has 5 rings (SSSR count). The Labute approximate surface area is 202 Å². The van der Waals surface area contributed by atoms with E-state index in [9.17, 15) is 14.7 Å². The van der Waals surface area contributed by atoms with Crippen LogP contribution in [0.3, 0.4) is 0 Å². The SMILES string of the molecule is CCSc1nc2c(C)sc(C(=O)O)c2n1Cc1ccc(-c2ccc(-c3noc(=O)[nH]3)cc2)cc1. The first kappa shape index (κ1) is 22.2. The fourth-order valence-corrected chi connectivity index (χ4v) is 5.51. The van der Waals surface area contributed by atoms with Crippen molar-refractivity contribution in [3.63, 3.8) is 0 Å². The molecular formula is C24H20N4O4S2. The van der Waals surface area contributed by atoms with Gasteiger partial charge in [-0.15, -0.1) is 11.3 Å². The molecule has 8 nitrogen and oxygen atoms in total. The number of benzene rings is 2. The van der Waals surface area contributed by atoms with E-state index >= 15 is 0 Å². The molecule has 0 saturated carbocycles. The van der Waals surface area contributed by atoms with Crippen LogP contribution in [0.5, 0.6) is 0 Å². The van der Waals surface area contributed by atoms with Crippen LogP contribution in [-0.4, -0.2) is 36.5 Å². The molecular weight excluding hydrogens is 472 g/mol. The van der Waals surface area contributed by atoms with Crippen LogP contribution >= 0.6 is 23.1 Å². The largest absolute Gasteiger partial charge is 0.477 e. The van der Waals surface area contributed by atoms with Gasteiger partial charge in [-0.25, -0.2) is 14.6 Å². The molecule has 0 fully saturated rings. The van der Waals surface area contributed by atoms with Gasteiger partial charge in [0, 0.05) is 10.4 Å². The summed E-state index contributed by atoms with van der Waals surface area (Å²) in [5.41, 5.74) is 5.34. The molecule has 34 heavy (non-hydrogen) atoms. The molecule has 0 spiro atoms. The van der Waals surface area contributed by atoms with Crippen LogP contribution in [0.4, 0.5) is 0 Å². The van der Waals surface area contributed by atoms with Crippen LogP contribution in [0.25, 0.3) is 33.5 Å². The van der Waals surface area contributed by atoms with Crippen LogP contribution in [0.2, 0.25) is 0 Å². The smallest absolute Gasteiger partial charge is 0.439 e. The van der Waals surface area contributed by atoms with E-state index in [0.717, 1.165) is 43.6 Å². The molecule has 0 saturated heterocycles. The van der Waals surface area contributed by atoms with Crippen molar-refractivity contribution in [3.8, 4) is 22.5 Å². The van der Waals surface area contributed by atoms with Crippen LogP contribution in [0, 0.1) is 6.92 Å². The van der Waals surface area contributed by atoms with Gasteiger partial charge < -0.3 is 9.67 Å². The van der Waals surface area contributed by atoms with Crippen LogP contribution in [0.1, 0.15) is 27.0 Å². The number of aryl methyl sites for hydroxylation is 1. The highest BCUT2D eigenvalue weighted by molar-refractivity contribution is 7.99. The Morgan fingerprint density at radius 2 is 1.76 bits per heavy atom. The van der Waals surface area contributed by atoms with E-state index in [-0.39, 0.29) is 0 Å². The Morgan fingerprint density at radius 1 is 1.12 bits per heavy atom. The third-order valence-electron chi connectivity index (χ3n) is 5.43. The molecule has 3 heterocycles. The van der Waals surface area contributed by atoms with Crippen molar-refractivity contribution in [1.82, 2.24) is 19.7 Å². The Bertz CT molecular complexity index is 1540. The summed E-state index contributed by atoms with van der Waals surface area (Å²) in [6.45, 7) is 4.51. The van der Waals surface area contributed by atoms with E-state index in [1.807, 2.05) is 60.0 Å². The highest BCUT2D eigenvalue weighted by atomic mass is 32.2. The van der Waals surface area contributed by atoms with E-state index in [1.54, 1.807) is 11.8 Å². The van der Waals surface area contributed by atoms with E-state index < -0.39 is 11.7 Å². The highest BCUT2D eigenvalue weighted by Gasteiger charge is 2.23. The fraction of sp³-hybridized carbons (Fsp3) is 0.167. The number of nitrogens with zero attached hydrogens (tertiary/aromatic N) is 3. The summed E-state index contributed by atoms with van der Waals surface area (Å²) in [6.07, 6.45) is 0.